The van der Waals surface area contributed by atoms with Gasteiger partial charge in [-0.15, -0.1) is 0 Å². The Labute approximate surface area is 99.1 Å². The molecule has 2 aliphatic heterocycles. The predicted octanol–water partition coefficient (Wildman–Crippen LogP) is 2.16. The predicted molar refractivity (Wildman–Crippen MR) is 68.7 cm³/mol. The smallest absolute Gasteiger partial charge is 0.0940 e. The second kappa shape index (κ2) is 5.17. The van der Waals surface area contributed by atoms with Gasteiger partial charge in [-0.3, -0.25) is 4.99 Å². The molecule has 92 valence electrons. The van der Waals surface area contributed by atoms with Gasteiger partial charge in [-0.2, -0.15) is 0 Å². The summed E-state index contributed by atoms with van der Waals surface area (Å²) in [7, 11) is 2.28. The molecule has 3 heteroatoms. The monoisotopic (exact) mass is 223 g/mol. The molecule has 2 atom stereocenters. The van der Waals surface area contributed by atoms with E-state index < -0.39 is 0 Å². The molecule has 0 spiro atoms. The summed E-state index contributed by atoms with van der Waals surface area (Å²) in [5.74, 6) is 0.870. The third-order valence-electron chi connectivity index (χ3n) is 4.17. The average Bonchev–Trinajstić information content (AvgIpc) is 2.20. The van der Waals surface area contributed by atoms with E-state index in [9.17, 15) is 0 Å². The summed E-state index contributed by atoms with van der Waals surface area (Å²) in [4.78, 5) is 7.29. The highest BCUT2D eigenvalue weighted by atomic mass is 15.2. The van der Waals surface area contributed by atoms with Crippen molar-refractivity contribution in [2.24, 2.45) is 10.7 Å². The number of fused-ring (bicyclic) bond motifs is 2. The van der Waals surface area contributed by atoms with Crippen LogP contribution in [0.15, 0.2) is 4.99 Å². The number of rotatable bonds is 3. The molecule has 2 unspecified atom stereocenters. The standard InChI is InChI=1S/C13H25N3/c1-3-5-13(14)15-10-8-11-6-4-7-12(9-10)16(11)2/h10-12H,3-9H2,1-2H3,(H2,14,15). The molecule has 0 amide bonds. The molecule has 0 aromatic heterocycles. The number of nitrogens with zero attached hydrogens (tertiary/aromatic N) is 2. The zero-order valence-corrected chi connectivity index (χ0v) is 10.7. The number of nitrogens with two attached hydrogens (primary N) is 1. The first-order valence-electron chi connectivity index (χ1n) is 6.74. The first kappa shape index (κ1) is 11.9. The highest BCUT2D eigenvalue weighted by Gasteiger charge is 2.35. The molecule has 2 heterocycles. The van der Waals surface area contributed by atoms with Crippen molar-refractivity contribution in [2.45, 2.75) is 70.0 Å². The molecule has 2 fully saturated rings. The normalized spacial score (nSPS) is 36.4. The fourth-order valence-corrected chi connectivity index (χ4v) is 3.25. The topological polar surface area (TPSA) is 41.6 Å². The summed E-state index contributed by atoms with van der Waals surface area (Å²) in [5.41, 5.74) is 5.94. The average molecular weight is 223 g/mol. The van der Waals surface area contributed by atoms with Crippen LogP contribution in [0.5, 0.6) is 0 Å². The van der Waals surface area contributed by atoms with Crippen molar-refractivity contribution >= 4 is 5.84 Å². The molecular weight excluding hydrogens is 198 g/mol. The minimum atomic E-state index is 0.498. The van der Waals surface area contributed by atoms with E-state index in [-0.39, 0.29) is 0 Å². The van der Waals surface area contributed by atoms with E-state index in [0.29, 0.717) is 6.04 Å². The number of aliphatic imine (C=N–C) groups is 1. The van der Waals surface area contributed by atoms with Gasteiger partial charge in [0.05, 0.1) is 11.9 Å². The van der Waals surface area contributed by atoms with Crippen molar-refractivity contribution in [3.63, 3.8) is 0 Å². The molecule has 0 aliphatic carbocycles. The number of hydrogen-bond donors (Lipinski definition) is 1. The second-order valence-corrected chi connectivity index (χ2v) is 5.40. The van der Waals surface area contributed by atoms with E-state index in [1.165, 1.54) is 32.1 Å². The largest absolute Gasteiger partial charge is 0.387 e. The van der Waals surface area contributed by atoms with Gasteiger partial charge in [0, 0.05) is 18.5 Å². The molecule has 0 radical (unpaired) electrons. The summed E-state index contributed by atoms with van der Waals surface area (Å²) in [6.07, 6.45) is 8.62. The lowest BCUT2D eigenvalue weighted by Crippen LogP contribution is -2.51. The van der Waals surface area contributed by atoms with E-state index in [0.717, 1.165) is 30.8 Å². The van der Waals surface area contributed by atoms with Crippen molar-refractivity contribution < 1.29 is 0 Å². The van der Waals surface area contributed by atoms with E-state index in [1.807, 2.05) is 0 Å². The Balaban J connectivity index is 1.96. The number of hydrogen-bond acceptors (Lipinski definition) is 2. The Morgan fingerprint density at radius 2 is 1.94 bits per heavy atom. The molecule has 2 rings (SSSR count). The highest BCUT2D eigenvalue weighted by molar-refractivity contribution is 5.80. The van der Waals surface area contributed by atoms with Gasteiger partial charge >= 0.3 is 0 Å². The maximum atomic E-state index is 5.94. The zero-order valence-electron chi connectivity index (χ0n) is 10.7. The van der Waals surface area contributed by atoms with Gasteiger partial charge in [0.1, 0.15) is 0 Å². The highest BCUT2D eigenvalue weighted by Crippen LogP contribution is 2.33. The Morgan fingerprint density at radius 1 is 1.31 bits per heavy atom. The molecule has 2 N–H and O–H groups in total. The van der Waals surface area contributed by atoms with Crippen molar-refractivity contribution in [3.05, 3.63) is 0 Å². The third-order valence-corrected chi connectivity index (χ3v) is 4.17. The van der Waals surface area contributed by atoms with Crippen LogP contribution in [0.4, 0.5) is 0 Å². The van der Waals surface area contributed by atoms with E-state index in [2.05, 4.69) is 18.9 Å². The van der Waals surface area contributed by atoms with E-state index >= 15 is 0 Å². The molecule has 16 heavy (non-hydrogen) atoms. The molecule has 0 saturated carbocycles. The maximum absolute atomic E-state index is 5.94. The first-order valence-corrected chi connectivity index (χ1v) is 6.74. The van der Waals surface area contributed by atoms with Crippen LogP contribution in [0.1, 0.15) is 51.9 Å². The number of piperidine rings is 2. The van der Waals surface area contributed by atoms with Crippen molar-refractivity contribution in [3.8, 4) is 0 Å². The minimum absolute atomic E-state index is 0.498. The lowest BCUT2D eigenvalue weighted by Gasteiger charge is -2.46. The van der Waals surface area contributed by atoms with Crippen LogP contribution in [0, 0.1) is 0 Å². The Bertz CT molecular complexity index is 248. The summed E-state index contributed by atoms with van der Waals surface area (Å²) in [5, 5.41) is 0. The van der Waals surface area contributed by atoms with Crippen LogP contribution in [-0.2, 0) is 0 Å². The summed E-state index contributed by atoms with van der Waals surface area (Å²) >= 11 is 0. The molecule has 2 bridgehead atoms. The minimum Gasteiger partial charge on any atom is -0.387 e. The van der Waals surface area contributed by atoms with Gasteiger partial charge in [0.25, 0.3) is 0 Å². The molecule has 0 aromatic carbocycles. The lowest BCUT2D eigenvalue weighted by molar-refractivity contribution is 0.0574. The Kier molecular flexibility index (Phi) is 3.85. The Hall–Kier alpha value is -0.570. The second-order valence-electron chi connectivity index (χ2n) is 5.40. The summed E-state index contributed by atoms with van der Waals surface area (Å²) in [6.45, 7) is 2.16. The van der Waals surface area contributed by atoms with Crippen LogP contribution in [-0.4, -0.2) is 35.9 Å². The SMILES string of the molecule is CCCC(N)=NC1CC2CCCC(C1)N2C. The van der Waals surface area contributed by atoms with Crippen molar-refractivity contribution in [1.82, 2.24) is 4.90 Å². The van der Waals surface area contributed by atoms with Gasteiger partial charge < -0.3 is 10.6 Å². The zero-order chi connectivity index (χ0) is 11.5. The Morgan fingerprint density at radius 3 is 2.50 bits per heavy atom. The van der Waals surface area contributed by atoms with E-state index in [4.69, 9.17) is 10.7 Å². The van der Waals surface area contributed by atoms with Crippen molar-refractivity contribution in [1.29, 1.82) is 0 Å². The quantitative estimate of drug-likeness (QED) is 0.588. The lowest BCUT2D eigenvalue weighted by atomic mass is 9.82. The van der Waals surface area contributed by atoms with Gasteiger partial charge in [0.2, 0.25) is 0 Å². The number of amidine groups is 1. The fraction of sp³-hybridized carbons (Fsp3) is 0.923. The molecule has 0 aromatic rings. The summed E-state index contributed by atoms with van der Waals surface area (Å²) in [6, 6.07) is 2.02. The van der Waals surface area contributed by atoms with Gasteiger partial charge in [-0.05, 0) is 39.2 Å². The van der Waals surface area contributed by atoms with E-state index in [1.54, 1.807) is 0 Å². The molecule has 2 aliphatic rings. The van der Waals surface area contributed by atoms with Crippen LogP contribution >= 0.6 is 0 Å². The third kappa shape index (κ3) is 2.57. The molecular formula is C13H25N3. The van der Waals surface area contributed by atoms with Crippen LogP contribution in [0.3, 0.4) is 0 Å². The first-order chi connectivity index (χ1) is 7.70. The molecule has 3 nitrogen and oxygen atoms in total. The van der Waals surface area contributed by atoms with Crippen LogP contribution in [0.2, 0.25) is 0 Å². The van der Waals surface area contributed by atoms with Gasteiger partial charge in [-0.25, -0.2) is 0 Å². The van der Waals surface area contributed by atoms with Crippen molar-refractivity contribution in [2.75, 3.05) is 7.05 Å². The van der Waals surface area contributed by atoms with Gasteiger partial charge in [-0.1, -0.05) is 13.3 Å². The van der Waals surface area contributed by atoms with Gasteiger partial charge in [0.15, 0.2) is 0 Å². The summed E-state index contributed by atoms with van der Waals surface area (Å²) < 4.78 is 0. The maximum Gasteiger partial charge on any atom is 0.0940 e. The van der Waals surface area contributed by atoms with Crippen LogP contribution in [0.25, 0.3) is 0 Å². The fourth-order valence-electron chi connectivity index (χ4n) is 3.25. The van der Waals surface area contributed by atoms with Crippen LogP contribution < -0.4 is 5.73 Å². The molecule has 2 saturated heterocycles.